The van der Waals surface area contributed by atoms with Crippen molar-refractivity contribution in [2.45, 2.75) is 45.3 Å². The van der Waals surface area contributed by atoms with Gasteiger partial charge in [0.25, 0.3) is 5.56 Å². The number of ether oxygens (including phenoxy) is 4. The first kappa shape index (κ1) is 27.2. The molecule has 0 aliphatic carbocycles. The van der Waals surface area contributed by atoms with E-state index >= 15 is 0 Å². The monoisotopic (exact) mass is 531 g/mol. The van der Waals surface area contributed by atoms with E-state index in [0.29, 0.717) is 22.4 Å². The molecule has 2 heterocycles. The first-order valence-corrected chi connectivity index (χ1v) is 12.0. The lowest BCUT2D eigenvalue weighted by molar-refractivity contribution is -0.166. The highest BCUT2D eigenvalue weighted by Gasteiger charge is 2.51. The average molecular weight is 532 g/mol. The fourth-order valence-electron chi connectivity index (χ4n) is 4.39. The average Bonchev–Trinajstić information content (AvgIpc) is 3.23. The van der Waals surface area contributed by atoms with Crippen LogP contribution in [0.3, 0.4) is 0 Å². The van der Waals surface area contributed by atoms with Crippen molar-refractivity contribution in [3.05, 3.63) is 76.6 Å². The van der Waals surface area contributed by atoms with E-state index < -0.39 is 48.0 Å². The molecule has 11 heteroatoms. The normalized spacial score (nSPS) is 20.1. The molecule has 0 bridgehead atoms. The summed E-state index contributed by atoms with van der Waals surface area (Å²) in [6.07, 6.45) is -5.08. The molecule has 0 unspecified atom stereocenters. The Morgan fingerprint density at radius 2 is 1.46 bits per heavy atom. The minimum absolute atomic E-state index is 0.215. The predicted molar refractivity (Wildman–Crippen MR) is 136 cm³/mol. The highest BCUT2D eigenvalue weighted by atomic mass is 16.7. The Morgan fingerprint density at radius 3 is 2.00 bits per heavy atom. The predicted octanol–water partition coefficient (Wildman–Crippen LogP) is 2.77. The van der Waals surface area contributed by atoms with Gasteiger partial charge in [-0.3, -0.25) is 19.2 Å². The molecule has 4 rings (SSSR count). The molecule has 4 atom stereocenters. The van der Waals surface area contributed by atoms with Crippen LogP contribution in [0.5, 0.6) is 0 Å². The van der Waals surface area contributed by atoms with Crippen molar-refractivity contribution in [1.82, 2.24) is 9.78 Å². The molecular formula is C28H25N3O8. The summed E-state index contributed by atoms with van der Waals surface area (Å²) in [4.78, 5) is 49.2. The molecule has 39 heavy (non-hydrogen) atoms. The fourth-order valence-corrected chi connectivity index (χ4v) is 4.39. The van der Waals surface area contributed by atoms with Gasteiger partial charge >= 0.3 is 17.9 Å². The Kier molecular flexibility index (Phi) is 8.17. The molecular weight excluding hydrogens is 506 g/mol. The molecule has 0 amide bonds. The van der Waals surface area contributed by atoms with E-state index in [1.807, 2.05) is 12.1 Å². The van der Waals surface area contributed by atoms with Crippen molar-refractivity contribution in [3.63, 3.8) is 0 Å². The lowest BCUT2D eigenvalue weighted by atomic mass is 9.96. The second-order valence-corrected chi connectivity index (χ2v) is 8.71. The first-order valence-electron chi connectivity index (χ1n) is 12.0. The van der Waals surface area contributed by atoms with Crippen molar-refractivity contribution in [2.75, 3.05) is 6.61 Å². The molecule has 0 saturated carbocycles. The zero-order valence-corrected chi connectivity index (χ0v) is 21.4. The third-order valence-corrected chi connectivity index (χ3v) is 5.92. The van der Waals surface area contributed by atoms with Crippen LogP contribution in [0.2, 0.25) is 0 Å². The van der Waals surface area contributed by atoms with Crippen molar-refractivity contribution in [3.8, 4) is 28.5 Å². The van der Waals surface area contributed by atoms with E-state index in [1.54, 1.807) is 54.6 Å². The van der Waals surface area contributed by atoms with Crippen LogP contribution in [0, 0.1) is 11.3 Å². The van der Waals surface area contributed by atoms with Crippen molar-refractivity contribution in [1.29, 1.82) is 5.26 Å². The minimum atomic E-state index is -1.41. The Morgan fingerprint density at radius 1 is 0.897 bits per heavy atom. The van der Waals surface area contributed by atoms with Crippen molar-refractivity contribution < 1.29 is 33.3 Å². The van der Waals surface area contributed by atoms with Gasteiger partial charge in [0.2, 0.25) is 0 Å². The summed E-state index contributed by atoms with van der Waals surface area (Å²) in [7, 11) is 0. The summed E-state index contributed by atoms with van der Waals surface area (Å²) >= 11 is 0. The maximum Gasteiger partial charge on any atom is 0.303 e. The number of hydrogen-bond donors (Lipinski definition) is 0. The number of aromatic nitrogens is 2. The van der Waals surface area contributed by atoms with Crippen LogP contribution >= 0.6 is 0 Å². The van der Waals surface area contributed by atoms with Gasteiger partial charge in [0.15, 0.2) is 18.4 Å². The minimum Gasteiger partial charge on any atom is -0.463 e. The van der Waals surface area contributed by atoms with Crippen LogP contribution in [0.1, 0.15) is 32.6 Å². The van der Waals surface area contributed by atoms with E-state index in [1.165, 1.54) is 6.92 Å². The molecule has 1 saturated heterocycles. The number of carbonyl (C=O) groups is 3. The second-order valence-electron chi connectivity index (χ2n) is 8.71. The molecule has 1 aliphatic rings. The largest absolute Gasteiger partial charge is 0.463 e. The smallest absolute Gasteiger partial charge is 0.303 e. The van der Waals surface area contributed by atoms with E-state index in [2.05, 4.69) is 5.10 Å². The van der Waals surface area contributed by atoms with Gasteiger partial charge in [-0.1, -0.05) is 60.7 Å². The van der Waals surface area contributed by atoms with Crippen LogP contribution in [0.25, 0.3) is 22.4 Å². The SMILES string of the molecule is CC(=O)OC[C@H]1O[C@@H](n2nc(-c3ccccc3)c(-c3ccccc3)c(C#N)c2=O)[C@H](OC(C)=O)[C@@H]1OC(C)=O. The van der Waals surface area contributed by atoms with Gasteiger partial charge in [-0.05, 0) is 5.56 Å². The van der Waals surface area contributed by atoms with Crippen LogP contribution in [0.4, 0.5) is 0 Å². The zero-order valence-electron chi connectivity index (χ0n) is 21.4. The Bertz CT molecular complexity index is 1480. The summed E-state index contributed by atoms with van der Waals surface area (Å²) in [5.41, 5.74) is 0.799. The van der Waals surface area contributed by atoms with Gasteiger partial charge in [-0.25, -0.2) is 0 Å². The van der Waals surface area contributed by atoms with Gasteiger partial charge in [0.05, 0.1) is 0 Å². The number of rotatable bonds is 7. The number of hydrogen-bond acceptors (Lipinski definition) is 10. The molecule has 200 valence electrons. The number of nitriles is 1. The van der Waals surface area contributed by atoms with E-state index in [0.717, 1.165) is 18.5 Å². The van der Waals surface area contributed by atoms with Crippen molar-refractivity contribution >= 4 is 17.9 Å². The number of esters is 3. The van der Waals surface area contributed by atoms with Gasteiger partial charge in [0.1, 0.15) is 30.0 Å². The third kappa shape index (κ3) is 5.86. The highest BCUT2D eigenvalue weighted by molar-refractivity contribution is 5.84. The zero-order chi connectivity index (χ0) is 28.1. The molecule has 1 aliphatic heterocycles. The molecule has 0 N–H and O–H groups in total. The number of carbonyl (C=O) groups excluding carboxylic acids is 3. The maximum absolute atomic E-state index is 13.8. The lowest BCUT2D eigenvalue weighted by Crippen LogP contribution is -2.42. The molecule has 0 radical (unpaired) electrons. The van der Waals surface area contributed by atoms with Crippen LogP contribution in [-0.4, -0.2) is 52.6 Å². The van der Waals surface area contributed by atoms with Gasteiger partial charge in [0, 0.05) is 31.9 Å². The molecule has 0 spiro atoms. The molecule has 1 fully saturated rings. The highest BCUT2D eigenvalue weighted by Crippen LogP contribution is 2.36. The summed E-state index contributed by atoms with van der Waals surface area (Å²) in [5, 5.41) is 14.7. The van der Waals surface area contributed by atoms with E-state index in [9.17, 15) is 24.4 Å². The van der Waals surface area contributed by atoms with Crippen molar-refractivity contribution in [2.24, 2.45) is 0 Å². The van der Waals surface area contributed by atoms with E-state index in [4.69, 9.17) is 18.9 Å². The maximum atomic E-state index is 13.8. The summed E-state index contributed by atoms with van der Waals surface area (Å²) < 4.78 is 22.8. The lowest BCUT2D eigenvalue weighted by Gasteiger charge is -2.24. The van der Waals surface area contributed by atoms with Crippen LogP contribution in [-0.2, 0) is 33.3 Å². The molecule has 2 aromatic carbocycles. The quantitative estimate of drug-likeness (QED) is 0.329. The molecule has 3 aromatic rings. The summed E-state index contributed by atoms with van der Waals surface area (Å²) in [5.74, 6) is -2.07. The Labute approximate surface area is 223 Å². The second kappa shape index (κ2) is 11.7. The fraction of sp³-hybridized carbons (Fsp3) is 0.286. The number of benzene rings is 2. The summed E-state index contributed by atoms with van der Waals surface area (Å²) in [6, 6.07) is 19.8. The summed E-state index contributed by atoms with van der Waals surface area (Å²) in [6.45, 7) is 3.14. The topological polar surface area (TPSA) is 147 Å². The Balaban J connectivity index is 1.95. The van der Waals surface area contributed by atoms with E-state index in [-0.39, 0.29) is 12.2 Å². The van der Waals surface area contributed by atoms with Crippen LogP contribution in [0.15, 0.2) is 65.5 Å². The van der Waals surface area contributed by atoms with Gasteiger partial charge in [-0.2, -0.15) is 15.0 Å². The van der Waals surface area contributed by atoms with Gasteiger partial charge in [-0.15, -0.1) is 0 Å². The molecule has 1 aromatic heterocycles. The first-order chi connectivity index (χ1) is 18.7. The third-order valence-electron chi connectivity index (χ3n) is 5.92. The number of nitrogens with zero attached hydrogens (tertiary/aromatic N) is 3. The molecule has 11 nitrogen and oxygen atoms in total. The standard InChI is InChI=1S/C28H25N3O8/c1-16(32)36-15-22-25(37-17(2)33)26(38-18(3)34)28(39-22)31-27(35)21(14-29)23(19-10-6-4-7-11-19)24(30-31)20-12-8-5-9-13-20/h4-13,22,25-26,28H,15H2,1-3H3/t22-,25-,26-,28-/m1/s1. The van der Waals surface area contributed by atoms with Gasteiger partial charge < -0.3 is 18.9 Å². The Hall–Kier alpha value is -4.82. The van der Waals surface area contributed by atoms with Crippen LogP contribution < -0.4 is 5.56 Å².